The predicted octanol–water partition coefficient (Wildman–Crippen LogP) is 2.15. The molecule has 0 aromatic heterocycles. The number of nitrogens with zero attached hydrogens (tertiary/aromatic N) is 1. The quantitative estimate of drug-likeness (QED) is 0.590. The van der Waals surface area contributed by atoms with Crippen LogP contribution in [-0.2, 0) is 9.59 Å². The number of fused-ring (bicyclic) bond motifs is 2. The van der Waals surface area contributed by atoms with E-state index in [1.54, 1.807) is 19.1 Å². The van der Waals surface area contributed by atoms with Gasteiger partial charge in [0, 0.05) is 28.9 Å². The van der Waals surface area contributed by atoms with E-state index < -0.39 is 18.0 Å². The second-order valence-corrected chi connectivity index (χ2v) is 7.46. The molecular weight excluding hydrogens is 360 g/mol. The molecule has 7 heteroatoms. The van der Waals surface area contributed by atoms with E-state index in [9.17, 15) is 24.9 Å². The monoisotopic (exact) mass is 382 g/mol. The smallest absolute Gasteiger partial charge is 0.352 e. The summed E-state index contributed by atoms with van der Waals surface area (Å²) in [6, 6.07) is 10.4. The first kappa shape index (κ1) is 18.3. The number of carbonyl (C=O) groups is 2. The second kappa shape index (κ2) is 6.53. The molecule has 2 aliphatic heterocycles. The number of nitrogens with one attached hydrogen (secondary N) is 1. The summed E-state index contributed by atoms with van der Waals surface area (Å²) >= 11 is 0. The van der Waals surface area contributed by atoms with Crippen LogP contribution in [-0.4, -0.2) is 50.8 Å². The topological polar surface area (TPSA) is 110 Å². The van der Waals surface area contributed by atoms with Gasteiger partial charge in [-0.1, -0.05) is 31.2 Å². The molecule has 2 aromatic carbocycles. The van der Waals surface area contributed by atoms with Gasteiger partial charge in [-0.3, -0.25) is 4.79 Å². The summed E-state index contributed by atoms with van der Waals surface area (Å²) in [5, 5.41) is 34.4. The largest absolute Gasteiger partial charge is 0.507 e. The van der Waals surface area contributed by atoms with Crippen LogP contribution in [0.25, 0.3) is 10.8 Å². The molecule has 1 fully saturated rings. The van der Waals surface area contributed by atoms with Crippen LogP contribution in [0.2, 0.25) is 0 Å². The molecule has 0 radical (unpaired) electrons. The van der Waals surface area contributed by atoms with Gasteiger partial charge in [-0.05, 0) is 24.6 Å². The average Bonchev–Trinajstić information content (AvgIpc) is 2.89. The zero-order valence-corrected chi connectivity index (χ0v) is 15.6. The first-order chi connectivity index (χ1) is 13.3. The van der Waals surface area contributed by atoms with Gasteiger partial charge >= 0.3 is 5.97 Å². The third-order valence-corrected chi connectivity index (χ3v) is 5.89. The predicted molar refractivity (Wildman–Crippen MR) is 104 cm³/mol. The molecule has 0 saturated carbocycles. The van der Waals surface area contributed by atoms with E-state index in [2.05, 4.69) is 5.32 Å². The van der Waals surface area contributed by atoms with E-state index in [4.69, 9.17) is 0 Å². The highest BCUT2D eigenvalue weighted by molar-refractivity contribution is 6.00. The minimum atomic E-state index is -1.14. The zero-order chi connectivity index (χ0) is 20.2. The molecular formula is C21H22N2O5. The van der Waals surface area contributed by atoms with Crippen molar-refractivity contribution in [3.8, 4) is 5.75 Å². The van der Waals surface area contributed by atoms with Gasteiger partial charge in [-0.2, -0.15) is 0 Å². The highest BCUT2D eigenvalue weighted by atomic mass is 16.4. The third-order valence-electron chi connectivity index (χ3n) is 5.89. The Morgan fingerprint density at radius 1 is 1.21 bits per heavy atom. The number of carboxylic acid groups (broad SMARTS) is 1. The molecule has 1 amide bonds. The highest BCUT2D eigenvalue weighted by Crippen LogP contribution is 2.47. The minimum Gasteiger partial charge on any atom is -0.507 e. The van der Waals surface area contributed by atoms with Crippen molar-refractivity contribution in [2.75, 3.05) is 11.9 Å². The number of phenolic OH excluding ortho intramolecular Hbond substituents is 1. The van der Waals surface area contributed by atoms with Crippen LogP contribution in [0.4, 0.5) is 5.69 Å². The summed E-state index contributed by atoms with van der Waals surface area (Å²) in [6.07, 6.45) is -0.820. The molecule has 4 atom stereocenters. The van der Waals surface area contributed by atoms with Crippen molar-refractivity contribution in [2.24, 2.45) is 11.8 Å². The van der Waals surface area contributed by atoms with Gasteiger partial charge in [0.2, 0.25) is 5.91 Å². The maximum absolute atomic E-state index is 12.4. The summed E-state index contributed by atoms with van der Waals surface area (Å²) in [5.74, 6) is -2.06. The molecule has 2 heterocycles. The molecule has 1 saturated heterocycles. The van der Waals surface area contributed by atoms with Gasteiger partial charge in [-0.15, -0.1) is 0 Å². The summed E-state index contributed by atoms with van der Waals surface area (Å²) in [7, 11) is 0. The van der Waals surface area contributed by atoms with Gasteiger partial charge in [-0.25, -0.2) is 4.79 Å². The third kappa shape index (κ3) is 2.54. The van der Waals surface area contributed by atoms with Crippen LogP contribution in [0.3, 0.4) is 0 Å². The normalized spacial score (nSPS) is 24.9. The number of carboxylic acids is 1. The van der Waals surface area contributed by atoms with Crippen LogP contribution < -0.4 is 5.32 Å². The number of phenols is 1. The number of anilines is 1. The molecule has 28 heavy (non-hydrogen) atoms. The van der Waals surface area contributed by atoms with Gasteiger partial charge in [0.15, 0.2) is 0 Å². The van der Waals surface area contributed by atoms with E-state index in [-0.39, 0.29) is 35.9 Å². The molecule has 0 spiro atoms. The lowest BCUT2D eigenvalue weighted by atomic mass is 9.78. The number of hydrogen-bond acceptors (Lipinski definition) is 5. The van der Waals surface area contributed by atoms with Crippen molar-refractivity contribution in [1.82, 2.24) is 4.90 Å². The molecule has 4 N–H and O–H groups in total. The van der Waals surface area contributed by atoms with E-state index in [0.717, 1.165) is 11.1 Å². The van der Waals surface area contributed by atoms with Crippen LogP contribution in [0.5, 0.6) is 5.75 Å². The molecule has 0 unspecified atom stereocenters. The van der Waals surface area contributed by atoms with E-state index in [1.165, 1.54) is 4.90 Å². The molecule has 0 aliphatic carbocycles. The van der Waals surface area contributed by atoms with Crippen molar-refractivity contribution in [3.63, 3.8) is 0 Å². The van der Waals surface area contributed by atoms with Crippen molar-refractivity contribution < 1.29 is 24.9 Å². The number of rotatable bonds is 5. The summed E-state index contributed by atoms with van der Waals surface area (Å²) in [4.78, 5) is 25.6. The van der Waals surface area contributed by atoms with Crippen molar-refractivity contribution in [2.45, 2.75) is 26.0 Å². The summed E-state index contributed by atoms with van der Waals surface area (Å²) in [6.45, 7) is 3.71. The molecule has 146 valence electrons. The van der Waals surface area contributed by atoms with Crippen LogP contribution in [0.15, 0.2) is 47.7 Å². The van der Waals surface area contributed by atoms with Crippen molar-refractivity contribution >= 4 is 28.3 Å². The number of aliphatic carboxylic acids is 1. The van der Waals surface area contributed by atoms with Gasteiger partial charge in [0.05, 0.1) is 18.1 Å². The number of benzene rings is 2. The lowest BCUT2D eigenvalue weighted by Crippen LogP contribution is -2.63. The molecule has 7 nitrogen and oxygen atoms in total. The first-order valence-corrected chi connectivity index (χ1v) is 9.25. The Balaban J connectivity index is 1.66. The van der Waals surface area contributed by atoms with Crippen LogP contribution in [0.1, 0.15) is 13.8 Å². The molecule has 4 rings (SSSR count). The number of hydrogen-bond donors (Lipinski definition) is 4. The lowest BCUT2D eigenvalue weighted by molar-refractivity contribution is -0.163. The van der Waals surface area contributed by atoms with Crippen molar-refractivity contribution in [3.05, 3.63) is 47.7 Å². The van der Waals surface area contributed by atoms with Gasteiger partial charge in [0.25, 0.3) is 0 Å². The molecule has 2 aliphatic rings. The van der Waals surface area contributed by atoms with Crippen LogP contribution >= 0.6 is 0 Å². The Morgan fingerprint density at radius 3 is 2.57 bits per heavy atom. The molecule has 0 bridgehead atoms. The number of aromatic hydroxyl groups is 1. The maximum atomic E-state index is 12.4. The fourth-order valence-electron chi connectivity index (χ4n) is 4.52. The number of aliphatic hydroxyl groups is 1. The Morgan fingerprint density at radius 2 is 1.89 bits per heavy atom. The van der Waals surface area contributed by atoms with Crippen molar-refractivity contribution in [1.29, 1.82) is 0 Å². The summed E-state index contributed by atoms with van der Waals surface area (Å²) in [5.41, 5.74) is 1.41. The maximum Gasteiger partial charge on any atom is 0.352 e. The summed E-state index contributed by atoms with van der Waals surface area (Å²) < 4.78 is 0. The lowest BCUT2D eigenvalue weighted by Gasteiger charge is -2.46. The molecule has 2 aromatic rings. The first-order valence-electron chi connectivity index (χ1n) is 9.25. The van der Waals surface area contributed by atoms with E-state index >= 15 is 0 Å². The fraction of sp³-hybridized carbons (Fsp3) is 0.333. The Hall–Kier alpha value is -3.06. The SMILES string of the molecule is C[C@@H](O)[C@H]1C(=O)N2C(C(=O)O)=C(CNc3cccc4c(O)cccc34)[C@H](C)[C@H]12. The van der Waals surface area contributed by atoms with E-state index in [1.807, 2.05) is 31.2 Å². The van der Waals surface area contributed by atoms with E-state index in [0.29, 0.717) is 11.0 Å². The number of carbonyl (C=O) groups excluding carboxylic acids is 1. The highest BCUT2D eigenvalue weighted by Gasteiger charge is 2.59. The van der Waals surface area contributed by atoms with Gasteiger partial charge < -0.3 is 25.5 Å². The Kier molecular flexibility index (Phi) is 4.27. The second-order valence-electron chi connectivity index (χ2n) is 7.46. The Bertz CT molecular complexity index is 1010. The zero-order valence-electron chi connectivity index (χ0n) is 15.6. The van der Waals surface area contributed by atoms with Crippen LogP contribution in [0, 0.1) is 11.8 Å². The standard InChI is InChI=1S/C21H22N2O5/c1-10-14(19(21(27)28)23-18(10)17(11(2)24)20(23)26)9-22-15-7-3-6-13-12(15)5-4-8-16(13)25/h3-8,10-11,17-18,22,24-25H,9H2,1-2H3,(H,27,28)/t10-,11+,17+,18+/m0/s1. The average molecular weight is 382 g/mol. The number of β-lactam (4-membered cyclic amide) rings is 1. The Labute approximate surface area is 161 Å². The minimum absolute atomic E-state index is 0.00924. The number of amides is 1. The van der Waals surface area contributed by atoms with Gasteiger partial charge in [0.1, 0.15) is 11.4 Å². The fourth-order valence-corrected chi connectivity index (χ4v) is 4.52. The number of aliphatic hydroxyl groups excluding tert-OH is 1.